The highest BCUT2D eigenvalue weighted by Gasteiger charge is 2.10. The summed E-state index contributed by atoms with van der Waals surface area (Å²) in [6, 6.07) is 12.6. The van der Waals surface area contributed by atoms with Crippen LogP contribution in [0.4, 0.5) is 14.9 Å². The maximum absolute atomic E-state index is 13.8. The van der Waals surface area contributed by atoms with Gasteiger partial charge in [0.1, 0.15) is 5.82 Å². The molecule has 0 aliphatic carbocycles. The van der Waals surface area contributed by atoms with Gasteiger partial charge in [0, 0.05) is 25.3 Å². The minimum atomic E-state index is -0.225. The van der Waals surface area contributed by atoms with Crippen molar-refractivity contribution in [1.82, 2.24) is 16.0 Å². The summed E-state index contributed by atoms with van der Waals surface area (Å²) in [5.74, 6) is 0.409. The zero-order valence-electron chi connectivity index (χ0n) is 18.0. The van der Waals surface area contributed by atoms with Crippen molar-refractivity contribution in [1.29, 1.82) is 0 Å². The molecule has 0 heterocycles. The van der Waals surface area contributed by atoms with Crippen LogP contribution in [0.3, 0.4) is 0 Å². The van der Waals surface area contributed by atoms with Gasteiger partial charge < -0.3 is 21.3 Å². The fraction of sp³-hybridized carbons (Fsp3) is 0.364. The zero-order chi connectivity index (χ0) is 21.4. The Labute approximate surface area is 195 Å². The fourth-order valence-corrected chi connectivity index (χ4v) is 2.68. The highest BCUT2D eigenvalue weighted by molar-refractivity contribution is 14.0. The molecule has 2 rings (SSSR count). The molecule has 30 heavy (non-hydrogen) atoms. The van der Waals surface area contributed by atoms with Crippen LogP contribution in [0.1, 0.15) is 43.5 Å². The van der Waals surface area contributed by atoms with E-state index < -0.39 is 0 Å². The van der Waals surface area contributed by atoms with Gasteiger partial charge in [-0.1, -0.05) is 24.3 Å². The number of nitrogens with zero attached hydrogens (tertiary/aromatic N) is 1. The molecule has 0 saturated heterocycles. The van der Waals surface area contributed by atoms with Gasteiger partial charge >= 0.3 is 6.03 Å². The van der Waals surface area contributed by atoms with Gasteiger partial charge in [0.25, 0.3) is 0 Å². The lowest BCUT2D eigenvalue weighted by atomic mass is 10.1. The van der Waals surface area contributed by atoms with Crippen molar-refractivity contribution in [3.8, 4) is 0 Å². The van der Waals surface area contributed by atoms with Gasteiger partial charge in [0.2, 0.25) is 0 Å². The quantitative estimate of drug-likeness (QED) is 0.250. The third kappa shape index (κ3) is 8.17. The number of hydrogen-bond acceptors (Lipinski definition) is 2. The lowest BCUT2D eigenvalue weighted by Crippen LogP contribution is -2.38. The monoisotopic (exact) mass is 527 g/mol. The smallest absolute Gasteiger partial charge is 0.319 e. The highest BCUT2D eigenvalue weighted by Crippen LogP contribution is 2.16. The Morgan fingerprint density at radius 1 is 1.07 bits per heavy atom. The molecule has 2 aromatic carbocycles. The number of guanidine groups is 1. The molecule has 6 nitrogen and oxygen atoms in total. The number of carbonyl (C=O) groups excluding carboxylic acids is 1. The summed E-state index contributed by atoms with van der Waals surface area (Å²) >= 11 is 0. The van der Waals surface area contributed by atoms with Crippen molar-refractivity contribution in [2.75, 3.05) is 12.4 Å². The number of nitrogens with one attached hydrogen (secondary N) is 4. The van der Waals surface area contributed by atoms with Gasteiger partial charge in [-0.05, 0) is 62.6 Å². The fourth-order valence-electron chi connectivity index (χ4n) is 2.68. The molecule has 164 valence electrons. The van der Waals surface area contributed by atoms with Crippen LogP contribution in [0, 0.1) is 12.7 Å². The summed E-state index contributed by atoms with van der Waals surface area (Å²) in [5.41, 5.74) is 3.25. The highest BCUT2D eigenvalue weighted by atomic mass is 127. The van der Waals surface area contributed by atoms with Crippen molar-refractivity contribution >= 4 is 41.7 Å². The van der Waals surface area contributed by atoms with Gasteiger partial charge in [-0.2, -0.15) is 0 Å². The number of rotatable bonds is 6. The Morgan fingerprint density at radius 3 is 2.30 bits per heavy atom. The molecule has 2 amide bonds. The number of amides is 2. The number of benzene rings is 2. The lowest BCUT2D eigenvalue weighted by molar-refractivity contribution is 0.250. The maximum Gasteiger partial charge on any atom is 0.319 e. The van der Waals surface area contributed by atoms with E-state index in [0.717, 1.165) is 16.8 Å². The van der Waals surface area contributed by atoms with Crippen LogP contribution in [0.5, 0.6) is 0 Å². The number of urea groups is 1. The van der Waals surface area contributed by atoms with E-state index in [1.165, 1.54) is 0 Å². The average Bonchev–Trinajstić information content (AvgIpc) is 2.67. The van der Waals surface area contributed by atoms with Crippen LogP contribution in [0.15, 0.2) is 47.5 Å². The first kappa shape index (κ1) is 25.7. The molecule has 0 fully saturated rings. The molecule has 0 radical (unpaired) electrons. The minimum absolute atomic E-state index is 0. The van der Waals surface area contributed by atoms with E-state index in [1.807, 2.05) is 51.1 Å². The number of aliphatic imine (C=N–C) groups is 1. The molecule has 0 bridgehead atoms. The molecule has 0 aliphatic rings. The third-order valence-corrected chi connectivity index (χ3v) is 4.36. The van der Waals surface area contributed by atoms with Gasteiger partial charge in [0.15, 0.2) is 5.96 Å². The van der Waals surface area contributed by atoms with Crippen molar-refractivity contribution in [2.45, 2.75) is 46.3 Å². The maximum atomic E-state index is 13.8. The molecular formula is C22H31FIN5O. The van der Waals surface area contributed by atoms with Crippen molar-refractivity contribution in [3.63, 3.8) is 0 Å². The van der Waals surface area contributed by atoms with Crippen molar-refractivity contribution in [2.24, 2.45) is 4.99 Å². The third-order valence-electron chi connectivity index (χ3n) is 4.36. The summed E-state index contributed by atoms with van der Waals surface area (Å²) in [5, 5.41) is 12.1. The SMILES string of the molecule is CN=C(NCc1ccc(NC(=O)NC(C)C)cc1)NC(C)c1ccc(C)c(F)c1.I. The number of hydrogen-bond donors (Lipinski definition) is 4. The number of anilines is 1. The first-order valence-electron chi connectivity index (χ1n) is 9.68. The zero-order valence-corrected chi connectivity index (χ0v) is 20.4. The summed E-state index contributed by atoms with van der Waals surface area (Å²) < 4.78 is 13.8. The molecule has 0 aromatic heterocycles. The molecule has 0 spiro atoms. The standard InChI is InChI=1S/C22H30FN5O.HI/c1-14(2)26-22(29)28-19-10-7-17(8-11-19)13-25-21(24-5)27-16(4)18-9-6-15(3)20(23)12-18;/h6-12,14,16H,13H2,1-5H3,(H2,24,25,27)(H2,26,28,29);1H. The molecule has 1 atom stereocenters. The second-order valence-corrected chi connectivity index (χ2v) is 7.25. The molecule has 8 heteroatoms. The van der Waals surface area contributed by atoms with Crippen LogP contribution >= 0.6 is 24.0 Å². The van der Waals surface area contributed by atoms with Gasteiger partial charge in [-0.15, -0.1) is 24.0 Å². The van der Waals surface area contributed by atoms with E-state index in [4.69, 9.17) is 0 Å². The Kier molecular flexibility index (Phi) is 10.6. The predicted molar refractivity (Wildman–Crippen MR) is 132 cm³/mol. The second-order valence-electron chi connectivity index (χ2n) is 7.25. The van der Waals surface area contributed by atoms with Gasteiger partial charge in [-0.25, -0.2) is 9.18 Å². The van der Waals surface area contributed by atoms with Gasteiger partial charge in [0.05, 0.1) is 6.04 Å². The molecule has 0 saturated carbocycles. The first-order valence-corrected chi connectivity index (χ1v) is 9.68. The topological polar surface area (TPSA) is 77.5 Å². The van der Waals surface area contributed by atoms with Crippen LogP contribution in [0.2, 0.25) is 0 Å². The summed E-state index contributed by atoms with van der Waals surface area (Å²) in [7, 11) is 1.69. The number of aryl methyl sites for hydroxylation is 1. The summed E-state index contributed by atoms with van der Waals surface area (Å²) in [6.07, 6.45) is 0. The van der Waals surface area contributed by atoms with Crippen molar-refractivity contribution in [3.05, 3.63) is 65.0 Å². The summed E-state index contributed by atoms with van der Waals surface area (Å²) in [6.45, 7) is 8.08. The summed E-state index contributed by atoms with van der Waals surface area (Å²) in [4.78, 5) is 16.0. The Hall–Kier alpha value is -2.36. The molecular weight excluding hydrogens is 496 g/mol. The number of carbonyl (C=O) groups is 1. The second kappa shape index (κ2) is 12.4. The van der Waals surface area contributed by atoms with Crippen LogP contribution < -0.4 is 21.3 Å². The van der Waals surface area contributed by atoms with E-state index >= 15 is 0 Å². The minimum Gasteiger partial charge on any atom is -0.352 e. The van der Waals surface area contributed by atoms with E-state index in [9.17, 15) is 9.18 Å². The predicted octanol–water partition coefficient (Wildman–Crippen LogP) is 4.71. The van der Waals surface area contributed by atoms with E-state index in [0.29, 0.717) is 18.1 Å². The normalized spacial score (nSPS) is 12.0. The Balaban J connectivity index is 0.00000450. The van der Waals surface area contributed by atoms with Crippen LogP contribution in [0.25, 0.3) is 0 Å². The first-order chi connectivity index (χ1) is 13.8. The average molecular weight is 527 g/mol. The van der Waals surface area contributed by atoms with Crippen molar-refractivity contribution < 1.29 is 9.18 Å². The van der Waals surface area contributed by atoms with E-state index in [1.54, 1.807) is 26.1 Å². The van der Waals surface area contributed by atoms with Gasteiger partial charge in [-0.3, -0.25) is 4.99 Å². The van der Waals surface area contributed by atoms with E-state index in [-0.39, 0.29) is 47.9 Å². The molecule has 2 aromatic rings. The molecule has 4 N–H and O–H groups in total. The lowest BCUT2D eigenvalue weighted by Gasteiger charge is -2.19. The van der Waals surface area contributed by atoms with E-state index in [2.05, 4.69) is 26.3 Å². The molecule has 1 unspecified atom stereocenters. The molecule has 0 aliphatic heterocycles. The Morgan fingerprint density at radius 2 is 1.73 bits per heavy atom. The largest absolute Gasteiger partial charge is 0.352 e. The number of halogens is 2. The van der Waals surface area contributed by atoms with Crippen LogP contribution in [-0.2, 0) is 6.54 Å². The Bertz CT molecular complexity index is 855. The van der Waals surface area contributed by atoms with Crippen LogP contribution in [-0.4, -0.2) is 25.1 Å².